The lowest BCUT2D eigenvalue weighted by molar-refractivity contribution is -0.535. The Kier molecular flexibility index (Phi) is 7.62. The molecule has 2 aromatic carbocycles. The summed E-state index contributed by atoms with van der Waals surface area (Å²) in [5, 5.41) is 0. The molecule has 1 heterocycles. The highest BCUT2D eigenvalue weighted by Gasteiger charge is 2.42. The van der Waals surface area contributed by atoms with Crippen LogP contribution < -0.4 is 14.2 Å². The first-order valence-corrected chi connectivity index (χ1v) is 10.4. The first-order valence-electron chi connectivity index (χ1n) is 8.96. The normalized spacial score (nSPS) is 15.5. The van der Waals surface area contributed by atoms with Crippen LogP contribution in [0.1, 0.15) is 22.7 Å². The monoisotopic (exact) mass is 477 g/mol. The van der Waals surface area contributed by atoms with Crippen LogP contribution in [0, 0.1) is 0 Å². The smallest absolute Gasteiger partial charge is 0.485 e. The molecule has 1 atom stereocenters. The van der Waals surface area contributed by atoms with Gasteiger partial charge in [0.05, 0.1) is 34.0 Å². The minimum atomic E-state index is -6.09. The number of hydrogen-bond acceptors (Lipinski definition) is 7. The molecule has 2 aromatic rings. The standard InChI is InChI=1S/C19H22NO4.CHF3O3S/c1-20-18(13-8-6-7-9-14(13)19(20)24-5)17-15(22-3)10-12(21-2)11-16(17)23-4;2-1(3,4)8(5,6)7/h6-11,18H,1-5H3;(H,5,6,7)/q+1;/p-1. The molecule has 0 radical (unpaired) electrons. The van der Waals surface area contributed by atoms with E-state index in [1.54, 1.807) is 28.4 Å². The van der Waals surface area contributed by atoms with Gasteiger partial charge in [-0.1, -0.05) is 18.2 Å². The van der Waals surface area contributed by atoms with Gasteiger partial charge < -0.3 is 23.5 Å². The van der Waals surface area contributed by atoms with E-state index < -0.39 is 15.6 Å². The van der Waals surface area contributed by atoms with Crippen LogP contribution in [0.25, 0.3) is 0 Å². The predicted molar refractivity (Wildman–Crippen MR) is 107 cm³/mol. The summed E-state index contributed by atoms with van der Waals surface area (Å²) in [5.41, 5.74) is -2.47. The maximum atomic E-state index is 10.7. The number of rotatable bonds is 4. The third-order valence-corrected chi connectivity index (χ3v) is 5.26. The Labute approximate surface area is 183 Å². The highest BCUT2D eigenvalue weighted by Crippen LogP contribution is 2.45. The van der Waals surface area contributed by atoms with Gasteiger partial charge in [-0.05, 0) is 6.07 Å². The Morgan fingerprint density at radius 2 is 1.44 bits per heavy atom. The van der Waals surface area contributed by atoms with Crippen molar-refractivity contribution in [3.63, 3.8) is 0 Å². The van der Waals surface area contributed by atoms with E-state index in [1.165, 1.54) is 0 Å². The topological polar surface area (TPSA) is 97.1 Å². The molecule has 176 valence electrons. The zero-order valence-electron chi connectivity index (χ0n) is 17.9. The molecule has 8 nitrogen and oxygen atoms in total. The molecule has 0 amide bonds. The summed E-state index contributed by atoms with van der Waals surface area (Å²) >= 11 is 0. The van der Waals surface area contributed by atoms with E-state index in [2.05, 4.69) is 16.7 Å². The van der Waals surface area contributed by atoms with Gasteiger partial charge >= 0.3 is 11.4 Å². The fourth-order valence-electron chi connectivity index (χ4n) is 3.35. The molecule has 0 saturated carbocycles. The highest BCUT2D eigenvalue weighted by molar-refractivity contribution is 7.86. The Morgan fingerprint density at radius 1 is 0.938 bits per heavy atom. The van der Waals surface area contributed by atoms with Crippen molar-refractivity contribution in [2.75, 3.05) is 35.5 Å². The lowest BCUT2D eigenvalue weighted by atomic mass is 9.95. The van der Waals surface area contributed by atoms with Gasteiger partial charge in [0.25, 0.3) is 0 Å². The molecule has 0 N–H and O–H groups in total. The molecular formula is C20H22F3NO7S. The van der Waals surface area contributed by atoms with E-state index in [-0.39, 0.29) is 6.04 Å². The van der Waals surface area contributed by atoms with Crippen LogP contribution >= 0.6 is 0 Å². The van der Waals surface area contributed by atoms with Crippen LogP contribution in [0.15, 0.2) is 36.4 Å². The van der Waals surface area contributed by atoms with Crippen molar-refractivity contribution in [1.29, 1.82) is 0 Å². The zero-order chi connectivity index (χ0) is 24.3. The van der Waals surface area contributed by atoms with Crippen LogP contribution in [0.5, 0.6) is 17.2 Å². The summed E-state index contributed by atoms with van der Waals surface area (Å²) in [6.07, 6.45) is 0. The van der Waals surface area contributed by atoms with Crippen LogP contribution in [0.2, 0.25) is 0 Å². The van der Waals surface area contributed by atoms with Crippen LogP contribution in [-0.2, 0) is 14.9 Å². The second-order valence-corrected chi connectivity index (χ2v) is 7.83. The Morgan fingerprint density at radius 3 is 1.84 bits per heavy atom. The summed E-state index contributed by atoms with van der Waals surface area (Å²) in [7, 11) is 2.54. The molecule has 0 saturated heterocycles. The number of fused-ring (bicyclic) bond motifs is 1. The minimum Gasteiger partial charge on any atom is -0.741 e. The third-order valence-electron chi connectivity index (χ3n) is 4.70. The van der Waals surface area contributed by atoms with E-state index in [0.717, 1.165) is 34.1 Å². The Bertz CT molecular complexity index is 1090. The lowest BCUT2D eigenvalue weighted by Gasteiger charge is -2.18. The number of hydrogen-bond donors (Lipinski definition) is 0. The maximum absolute atomic E-state index is 10.7. The summed E-state index contributed by atoms with van der Waals surface area (Å²) in [4.78, 5) is 0. The fraction of sp³-hybridized carbons (Fsp3) is 0.350. The summed E-state index contributed by atoms with van der Waals surface area (Å²) < 4.78 is 83.3. The number of benzene rings is 2. The predicted octanol–water partition coefficient (Wildman–Crippen LogP) is 2.90. The lowest BCUT2D eigenvalue weighted by Crippen LogP contribution is -2.21. The van der Waals surface area contributed by atoms with Crippen molar-refractivity contribution >= 4 is 16.0 Å². The molecular weight excluding hydrogens is 455 g/mol. The number of halogens is 3. The fourth-order valence-corrected chi connectivity index (χ4v) is 3.35. The molecule has 0 fully saturated rings. The van der Waals surface area contributed by atoms with Crippen molar-refractivity contribution in [3.05, 3.63) is 53.1 Å². The van der Waals surface area contributed by atoms with Gasteiger partial charge in [-0.3, -0.25) is 0 Å². The summed E-state index contributed by atoms with van der Waals surface area (Å²) in [5.74, 6) is 2.96. The average Bonchev–Trinajstić information content (AvgIpc) is 3.02. The van der Waals surface area contributed by atoms with Crippen molar-refractivity contribution in [1.82, 2.24) is 0 Å². The second-order valence-electron chi connectivity index (χ2n) is 6.46. The van der Waals surface area contributed by atoms with Crippen molar-refractivity contribution < 1.29 is 49.7 Å². The first-order chi connectivity index (χ1) is 14.9. The van der Waals surface area contributed by atoms with E-state index in [0.29, 0.717) is 5.75 Å². The summed E-state index contributed by atoms with van der Waals surface area (Å²) in [6.45, 7) is 0. The van der Waals surface area contributed by atoms with Gasteiger partial charge in [-0.15, -0.1) is 0 Å². The van der Waals surface area contributed by atoms with Crippen molar-refractivity contribution in [3.8, 4) is 17.2 Å². The summed E-state index contributed by atoms with van der Waals surface area (Å²) in [6, 6.07) is 11.9. The molecule has 3 rings (SSSR count). The number of nitrogens with zero attached hydrogens (tertiary/aromatic N) is 1. The molecule has 1 aliphatic heterocycles. The van der Waals surface area contributed by atoms with E-state index in [4.69, 9.17) is 31.9 Å². The van der Waals surface area contributed by atoms with Gasteiger partial charge in [-0.25, -0.2) is 8.42 Å². The molecule has 1 unspecified atom stereocenters. The molecule has 32 heavy (non-hydrogen) atoms. The van der Waals surface area contributed by atoms with Gasteiger partial charge in [0.2, 0.25) is 6.04 Å². The van der Waals surface area contributed by atoms with Gasteiger partial charge in [-0.2, -0.15) is 17.7 Å². The molecule has 12 heteroatoms. The van der Waals surface area contributed by atoms with Crippen LogP contribution in [0.4, 0.5) is 13.2 Å². The molecule has 0 bridgehead atoms. The largest absolute Gasteiger partial charge is 0.741 e. The first kappa shape index (κ1) is 25.3. The molecule has 0 aromatic heterocycles. The van der Waals surface area contributed by atoms with Gasteiger partial charge in [0.1, 0.15) is 29.9 Å². The van der Waals surface area contributed by atoms with Crippen molar-refractivity contribution in [2.45, 2.75) is 11.6 Å². The number of alkyl halides is 3. The Hall–Kier alpha value is -2.99. The number of ether oxygens (including phenoxy) is 4. The average molecular weight is 477 g/mol. The highest BCUT2D eigenvalue weighted by atomic mass is 32.2. The molecule has 1 aliphatic rings. The van der Waals surface area contributed by atoms with E-state index in [1.807, 2.05) is 31.3 Å². The third kappa shape index (κ3) is 4.91. The van der Waals surface area contributed by atoms with E-state index >= 15 is 0 Å². The molecule has 0 aliphatic carbocycles. The second kappa shape index (κ2) is 9.65. The minimum absolute atomic E-state index is 0.0630. The molecule has 0 spiro atoms. The van der Waals surface area contributed by atoms with Crippen molar-refractivity contribution in [2.24, 2.45) is 0 Å². The SMILES string of the molecule is COC1=[N+](C)C(c2c(OC)cc(OC)cc2OC)c2ccccc21.O=S(=O)([O-])C(F)(F)F. The number of methoxy groups -OCH3 is 4. The van der Waals surface area contributed by atoms with Gasteiger partial charge in [0, 0.05) is 17.7 Å². The Balaban J connectivity index is 0.000000390. The van der Waals surface area contributed by atoms with Gasteiger partial charge in [0.15, 0.2) is 10.1 Å². The van der Waals surface area contributed by atoms with Crippen LogP contribution in [-0.4, -0.2) is 64.4 Å². The maximum Gasteiger partial charge on any atom is 0.485 e. The zero-order valence-corrected chi connectivity index (χ0v) is 18.7. The quantitative estimate of drug-likeness (QED) is 0.380. The van der Waals surface area contributed by atoms with Crippen LogP contribution in [0.3, 0.4) is 0 Å². The van der Waals surface area contributed by atoms with E-state index in [9.17, 15) is 13.2 Å².